The van der Waals surface area contributed by atoms with E-state index in [4.69, 9.17) is 9.05 Å². The van der Waals surface area contributed by atoms with E-state index in [2.05, 4.69) is 10.3 Å². The minimum Gasteiger partial charge on any atom is -0.361 e. The molecule has 0 radical (unpaired) electrons. The lowest BCUT2D eigenvalue weighted by atomic mass is 10.1. The Morgan fingerprint density at radius 2 is 2.20 bits per heavy atom. The van der Waals surface area contributed by atoms with Crippen LogP contribution >= 0.6 is 0 Å². The van der Waals surface area contributed by atoms with Gasteiger partial charge in [0.05, 0.1) is 18.2 Å². The SMILES string of the molecule is Cc1cc(CC(=O)N2CCC[C@@H]2c2cc(C)on2)on1. The highest BCUT2D eigenvalue weighted by Gasteiger charge is 2.32. The zero-order valence-corrected chi connectivity index (χ0v) is 11.6. The third-order valence-electron chi connectivity index (χ3n) is 3.56. The Labute approximate surface area is 116 Å². The van der Waals surface area contributed by atoms with Crippen LogP contribution in [0.4, 0.5) is 0 Å². The van der Waals surface area contributed by atoms with E-state index in [1.807, 2.05) is 24.8 Å². The summed E-state index contributed by atoms with van der Waals surface area (Å²) in [5.74, 6) is 1.42. The van der Waals surface area contributed by atoms with Gasteiger partial charge in [0.25, 0.3) is 0 Å². The van der Waals surface area contributed by atoms with Crippen molar-refractivity contribution >= 4 is 5.91 Å². The molecule has 6 heteroatoms. The van der Waals surface area contributed by atoms with Crippen LogP contribution in [0.5, 0.6) is 0 Å². The molecule has 1 saturated heterocycles. The number of amides is 1. The Morgan fingerprint density at radius 3 is 2.85 bits per heavy atom. The van der Waals surface area contributed by atoms with Gasteiger partial charge in [-0.25, -0.2) is 0 Å². The van der Waals surface area contributed by atoms with E-state index in [0.29, 0.717) is 5.76 Å². The molecule has 3 heterocycles. The van der Waals surface area contributed by atoms with Gasteiger partial charge in [0, 0.05) is 18.7 Å². The van der Waals surface area contributed by atoms with Gasteiger partial charge in [0.2, 0.25) is 5.91 Å². The fourth-order valence-corrected chi connectivity index (χ4v) is 2.67. The summed E-state index contributed by atoms with van der Waals surface area (Å²) in [6, 6.07) is 3.71. The van der Waals surface area contributed by atoms with Gasteiger partial charge in [0.1, 0.15) is 17.2 Å². The highest BCUT2D eigenvalue weighted by atomic mass is 16.5. The topological polar surface area (TPSA) is 72.4 Å². The van der Waals surface area contributed by atoms with Crippen molar-refractivity contribution in [2.24, 2.45) is 0 Å². The lowest BCUT2D eigenvalue weighted by Gasteiger charge is -2.22. The zero-order valence-electron chi connectivity index (χ0n) is 11.6. The molecular formula is C14H17N3O3. The molecule has 106 valence electrons. The second kappa shape index (κ2) is 5.11. The largest absolute Gasteiger partial charge is 0.361 e. The first-order valence-corrected chi connectivity index (χ1v) is 6.78. The summed E-state index contributed by atoms with van der Waals surface area (Å²) >= 11 is 0. The lowest BCUT2D eigenvalue weighted by molar-refractivity contribution is -0.131. The van der Waals surface area contributed by atoms with Gasteiger partial charge in [-0.1, -0.05) is 10.3 Å². The lowest BCUT2D eigenvalue weighted by Crippen LogP contribution is -2.31. The van der Waals surface area contributed by atoms with Crippen molar-refractivity contribution in [3.63, 3.8) is 0 Å². The quantitative estimate of drug-likeness (QED) is 0.858. The molecule has 0 spiro atoms. The van der Waals surface area contributed by atoms with Gasteiger partial charge in [-0.3, -0.25) is 4.79 Å². The van der Waals surface area contributed by atoms with Crippen LogP contribution < -0.4 is 0 Å². The number of hydrogen-bond acceptors (Lipinski definition) is 5. The van der Waals surface area contributed by atoms with E-state index in [-0.39, 0.29) is 18.4 Å². The zero-order chi connectivity index (χ0) is 14.1. The van der Waals surface area contributed by atoms with Crippen molar-refractivity contribution in [2.45, 2.75) is 39.2 Å². The summed E-state index contributed by atoms with van der Waals surface area (Å²) < 4.78 is 10.2. The highest BCUT2D eigenvalue weighted by molar-refractivity contribution is 5.78. The fraction of sp³-hybridized carbons (Fsp3) is 0.500. The van der Waals surface area contributed by atoms with Gasteiger partial charge in [-0.15, -0.1) is 0 Å². The Morgan fingerprint density at radius 1 is 1.35 bits per heavy atom. The number of carbonyl (C=O) groups excluding carboxylic acids is 1. The van der Waals surface area contributed by atoms with E-state index < -0.39 is 0 Å². The molecule has 0 aromatic carbocycles. The molecule has 2 aromatic heterocycles. The van der Waals surface area contributed by atoms with Crippen molar-refractivity contribution in [3.8, 4) is 0 Å². The molecule has 1 fully saturated rings. The Bertz CT molecular complexity index is 617. The Kier molecular flexibility index (Phi) is 3.30. The predicted molar refractivity (Wildman–Crippen MR) is 69.9 cm³/mol. The number of aromatic nitrogens is 2. The third-order valence-corrected chi connectivity index (χ3v) is 3.56. The maximum atomic E-state index is 12.4. The van der Waals surface area contributed by atoms with Crippen molar-refractivity contribution in [1.82, 2.24) is 15.2 Å². The monoisotopic (exact) mass is 275 g/mol. The minimum absolute atomic E-state index is 0.0176. The van der Waals surface area contributed by atoms with Gasteiger partial charge < -0.3 is 13.9 Å². The van der Waals surface area contributed by atoms with E-state index in [0.717, 1.165) is 36.5 Å². The molecule has 0 aliphatic carbocycles. The minimum atomic E-state index is 0.0176. The van der Waals surface area contributed by atoms with Gasteiger partial charge in [-0.2, -0.15) is 0 Å². The molecule has 3 rings (SSSR count). The number of likely N-dealkylation sites (tertiary alicyclic amines) is 1. The number of aryl methyl sites for hydroxylation is 2. The Hall–Kier alpha value is -2.11. The van der Waals surface area contributed by atoms with E-state index in [1.54, 1.807) is 6.07 Å². The van der Waals surface area contributed by atoms with Crippen LogP contribution in [-0.2, 0) is 11.2 Å². The molecule has 0 saturated carbocycles. The smallest absolute Gasteiger partial charge is 0.230 e. The average molecular weight is 275 g/mol. The van der Waals surface area contributed by atoms with Gasteiger partial charge in [-0.05, 0) is 26.7 Å². The van der Waals surface area contributed by atoms with Gasteiger partial charge >= 0.3 is 0 Å². The molecule has 1 aliphatic heterocycles. The molecule has 1 atom stereocenters. The molecular weight excluding hydrogens is 258 g/mol. The standard InChI is InChI=1S/C14H17N3O3/c1-9-6-11(20-15-9)8-14(18)17-5-3-4-13(17)12-7-10(2)19-16-12/h6-7,13H,3-5,8H2,1-2H3/t13-/m1/s1. The van der Waals surface area contributed by atoms with Crippen LogP contribution in [-0.4, -0.2) is 27.7 Å². The molecule has 20 heavy (non-hydrogen) atoms. The van der Waals surface area contributed by atoms with Crippen LogP contribution in [0.25, 0.3) is 0 Å². The molecule has 1 amide bonds. The van der Waals surface area contributed by atoms with E-state index in [1.165, 1.54) is 0 Å². The summed E-state index contributed by atoms with van der Waals surface area (Å²) in [5.41, 5.74) is 1.62. The number of hydrogen-bond donors (Lipinski definition) is 0. The molecule has 6 nitrogen and oxygen atoms in total. The van der Waals surface area contributed by atoms with Crippen LogP contribution in [0.15, 0.2) is 21.2 Å². The number of carbonyl (C=O) groups is 1. The maximum absolute atomic E-state index is 12.4. The summed E-state index contributed by atoms with van der Waals surface area (Å²) in [6.07, 6.45) is 2.15. The summed E-state index contributed by atoms with van der Waals surface area (Å²) in [6.45, 7) is 4.45. The predicted octanol–water partition coefficient (Wildman–Crippen LogP) is 2.19. The van der Waals surface area contributed by atoms with E-state index in [9.17, 15) is 4.79 Å². The normalized spacial score (nSPS) is 18.7. The summed E-state index contributed by atoms with van der Waals surface area (Å²) in [5, 5.41) is 7.84. The third kappa shape index (κ3) is 2.45. The van der Waals surface area contributed by atoms with Crippen LogP contribution in [0, 0.1) is 13.8 Å². The van der Waals surface area contributed by atoms with Crippen molar-refractivity contribution in [1.29, 1.82) is 0 Å². The summed E-state index contributed by atoms with van der Waals surface area (Å²) in [4.78, 5) is 14.3. The van der Waals surface area contributed by atoms with E-state index >= 15 is 0 Å². The Balaban J connectivity index is 1.73. The van der Waals surface area contributed by atoms with Crippen molar-refractivity contribution < 1.29 is 13.8 Å². The number of nitrogens with zero attached hydrogens (tertiary/aromatic N) is 3. The molecule has 1 aliphatic rings. The second-order valence-electron chi connectivity index (χ2n) is 5.22. The number of rotatable bonds is 3. The molecule has 0 bridgehead atoms. The molecule has 0 N–H and O–H groups in total. The van der Waals surface area contributed by atoms with Crippen molar-refractivity contribution in [3.05, 3.63) is 35.0 Å². The second-order valence-corrected chi connectivity index (χ2v) is 5.22. The maximum Gasteiger partial charge on any atom is 0.230 e. The van der Waals surface area contributed by atoms with Crippen LogP contribution in [0.2, 0.25) is 0 Å². The molecule has 0 unspecified atom stereocenters. The van der Waals surface area contributed by atoms with Crippen LogP contribution in [0.1, 0.15) is 41.8 Å². The average Bonchev–Trinajstić information content (AvgIpc) is 3.09. The fourth-order valence-electron chi connectivity index (χ4n) is 2.67. The van der Waals surface area contributed by atoms with Crippen molar-refractivity contribution in [2.75, 3.05) is 6.54 Å². The highest BCUT2D eigenvalue weighted by Crippen LogP contribution is 2.32. The first kappa shape index (κ1) is 12.9. The molecule has 2 aromatic rings. The van der Waals surface area contributed by atoms with Gasteiger partial charge in [0.15, 0.2) is 0 Å². The summed E-state index contributed by atoms with van der Waals surface area (Å²) in [7, 11) is 0. The van der Waals surface area contributed by atoms with Crippen LogP contribution in [0.3, 0.4) is 0 Å². The first-order chi connectivity index (χ1) is 9.63. The first-order valence-electron chi connectivity index (χ1n) is 6.78.